The van der Waals surface area contributed by atoms with Gasteiger partial charge in [-0.2, -0.15) is 0 Å². The van der Waals surface area contributed by atoms with E-state index in [2.05, 4.69) is 22.2 Å². The molecule has 1 aromatic heterocycles. The van der Waals surface area contributed by atoms with Crippen LogP contribution in [0.4, 0.5) is 18.7 Å². The highest BCUT2D eigenvalue weighted by Crippen LogP contribution is 2.28. The number of nitrogens with zero attached hydrogens (tertiary/aromatic N) is 1. The molecule has 2 rings (SSSR count). The predicted octanol–water partition coefficient (Wildman–Crippen LogP) is 2.88. The molecule has 4 nitrogen and oxygen atoms in total. The molecule has 0 saturated heterocycles. The molecule has 0 aliphatic rings. The van der Waals surface area contributed by atoms with Crippen molar-refractivity contribution in [2.75, 3.05) is 11.9 Å². The van der Waals surface area contributed by atoms with Gasteiger partial charge in [0.25, 0.3) is 0 Å². The number of thiazole rings is 1. The van der Waals surface area contributed by atoms with Crippen LogP contribution < -0.4 is 10.6 Å². The van der Waals surface area contributed by atoms with Crippen molar-refractivity contribution in [3.05, 3.63) is 36.4 Å². The maximum absolute atomic E-state index is 13.4. The van der Waals surface area contributed by atoms with Crippen molar-refractivity contribution in [1.82, 2.24) is 10.3 Å². The Morgan fingerprint density at radius 2 is 2.28 bits per heavy atom. The summed E-state index contributed by atoms with van der Waals surface area (Å²) in [6, 6.07) is 1.45. The van der Waals surface area contributed by atoms with Crippen LogP contribution in [0.5, 0.6) is 0 Å². The lowest BCUT2D eigenvalue weighted by Gasteiger charge is -2.00. The van der Waals surface area contributed by atoms with E-state index in [9.17, 15) is 13.6 Å². The summed E-state index contributed by atoms with van der Waals surface area (Å²) in [6.07, 6.45) is 1.52. The summed E-state index contributed by atoms with van der Waals surface area (Å²) >= 11 is 0.999. The van der Waals surface area contributed by atoms with E-state index >= 15 is 0 Å². The van der Waals surface area contributed by atoms with Gasteiger partial charge < -0.3 is 5.32 Å². The number of nitrogens with one attached hydrogen (secondary N) is 2. The third kappa shape index (κ3) is 2.62. The lowest BCUT2D eigenvalue weighted by atomic mass is 10.3. The highest BCUT2D eigenvalue weighted by Gasteiger charge is 2.11. The number of aromatic nitrogens is 1. The van der Waals surface area contributed by atoms with Gasteiger partial charge in [-0.3, -0.25) is 5.32 Å². The summed E-state index contributed by atoms with van der Waals surface area (Å²) in [5.74, 6) is -1.42. The number of halogens is 2. The van der Waals surface area contributed by atoms with Crippen LogP contribution in [0.1, 0.15) is 0 Å². The SMILES string of the molecule is C=CCNC(=O)Nc1nc2c(F)cc(F)cc2s1. The number of rotatable bonds is 3. The third-order valence-electron chi connectivity index (χ3n) is 2.04. The zero-order valence-electron chi connectivity index (χ0n) is 9.17. The van der Waals surface area contributed by atoms with Crippen molar-refractivity contribution >= 4 is 32.7 Å². The standard InChI is InChI=1S/C11H9F2N3OS/c1-2-3-14-10(17)16-11-15-9-7(13)4-6(12)5-8(9)18-11/h2,4-5H,1,3H2,(H2,14,15,16,17). The topological polar surface area (TPSA) is 54.0 Å². The maximum Gasteiger partial charge on any atom is 0.321 e. The molecule has 2 N–H and O–H groups in total. The second kappa shape index (κ2) is 5.09. The van der Waals surface area contributed by atoms with Gasteiger partial charge in [0.2, 0.25) is 0 Å². The number of carbonyl (C=O) groups is 1. The van der Waals surface area contributed by atoms with Crippen LogP contribution in [0.3, 0.4) is 0 Å². The Bertz CT molecular complexity index is 612. The summed E-state index contributed by atoms with van der Waals surface area (Å²) in [5, 5.41) is 5.12. The average Bonchev–Trinajstić information content (AvgIpc) is 2.69. The molecule has 1 aromatic carbocycles. The number of hydrogen-bond donors (Lipinski definition) is 2. The molecule has 7 heteroatoms. The van der Waals surface area contributed by atoms with Gasteiger partial charge in [0, 0.05) is 12.6 Å². The molecule has 0 aliphatic carbocycles. The molecule has 0 radical (unpaired) electrons. The van der Waals surface area contributed by atoms with Crippen LogP contribution in [0.2, 0.25) is 0 Å². The van der Waals surface area contributed by atoms with Crippen molar-refractivity contribution < 1.29 is 13.6 Å². The smallest absolute Gasteiger partial charge is 0.321 e. The molecule has 0 saturated carbocycles. The quantitative estimate of drug-likeness (QED) is 0.842. The minimum atomic E-state index is -0.749. The molecule has 0 atom stereocenters. The number of hydrogen-bond acceptors (Lipinski definition) is 3. The first kappa shape index (κ1) is 12.4. The molecule has 0 unspecified atom stereocenters. The lowest BCUT2D eigenvalue weighted by molar-refractivity contribution is 0.253. The zero-order valence-corrected chi connectivity index (χ0v) is 9.98. The highest BCUT2D eigenvalue weighted by molar-refractivity contribution is 7.22. The van der Waals surface area contributed by atoms with Crippen molar-refractivity contribution in [3.63, 3.8) is 0 Å². The van der Waals surface area contributed by atoms with Gasteiger partial charge in [0.05, 0.1) is 4.70 Å². The monoisotopic (exact) mass is 269 g/mol. The van der Waals surface area contributed by atoms with Crippen molar-refractivity contribution in [2.24, 2.45) is 0 Å². The van der Waals surface area contributed by atoms with E-state index in [4.69, 9.17) is 0 Å². The fraction of sp³-hybridized carbons (Fsp3) is 0.0909. The molecule has 0 spiro atoms. The Morgan fingerprint density at radius 1 is 1.50 bits per heavy atom. The summed E-state index contributed by atoms with van der Waals surface area (Å²) in [4.78, 5) is 15.2. The first-order valence-electron chi connectivity index (χ1n) is 5.01. The minimum Gasteiger partial charge on any atom is -0.334 e. The summed E-state index contributed by atoms with van der Waals surface area (Å²) in [7, 11) is 0. The normalized spacial score (nSPS) is 10.3. The van der Waals surface area contributed by atoms with Crippen molar-refractivity contribution in [2.45, 2.75) is 0 Å². The van der Waals surface area contributed by atoms with Crippen molar-refractivity contribution in [3.8, 4) is 0 Å². The van der Waals surface area contributed by atoms with Crippen LogP contribution in [0.25, 0.3) is 10.2 Å². The molecule has 2 amide bonds. The van der Waals surface area contributed by atoms with Gasteiger partial charge in [-0.15, -0.1) is 6.58 Å². The molecule has 0 aliphatic heterocycles. The van der Waals surface area contributed by atoms with Crippen LogP contribution >= 0.6 is 11.3 Å². The van der Waals surface area contributed by atoms with Crippen LogP contribution in [-0.2, 0) is 0 Å². The van der Waals surface area contributed by atoms with E-state index in [1.807, 2.05) is 0 Å². The van der Waals surface area contributed by atoms with Gasteiger partial charge in [-0.05, 0) is 6.07 Å². The summed E-state index contributed by atoms with van der Waals surface area (Å²) in [6.45, 7) is 3.75. The highest BCUT2D eigenvalue weighted by atomic mass is 32.1. The molecule has 2 aromatic rings. The largest absolute Gasteiger partial charge is 0.334 e. The van der Waals surface area contributed by atoms with Gasteiger partial charge >= 0.3 is 6.03 Å². The first-order chi connectivity index (χ1) is 8.60. The van der Waals surface area contributed by atoms with Gasteiger partial charge in [-0.1, -0.05) is 17.4 Å². The van der Waals surface area contributed by atoms with E-state index in [0.29, 0.717) is 11.2 Å². The van der Waals surface area contributed by atoms with Gasteiger partial charge in [0.1, 0.15) is 11.3 Å². The fourth-order valence-electron chi connectivity index (χ4n) is 1.32. The van der Waals surface area contributed by atoms with Crippen LogP contribution in [0, 0.1) is 11.6 Å². The first-order valence-corrected chi connectivity index (χ1v) is 5.83. The number of fused-ring (bicyclic) bond motifs is 1. The molecular formula is C11H9F2N3OS. The average molecular weight is 269 g/mol. The Balaban J connectivity index is 2.22. The molecular weight excluding hydrogens is 260 g/mol. The van der Waals surface area contributed by atoms with Crippen LogP contribution in [-0.4, -0.2) is 17.6 Å². The number of urea groups is 1. The fourth-order valence-corrected chi connectivity index (χ4v) is 2.22. The van der Waals surface area contributed by atoms with Gasteiger partial charge in [-0.25, -0.2) is 18.6 Å². The molecule has 1 heterocycles. The Hall–Kier alpha value is -2.02. The Kier molecular flexibility index (Phi) is 3.52. The van der Waals surface area contributed by atoms with E-state index in [1.54, 1.807) is 0 Å². The van der Waals surface area contributed by atoms with Gasteiger partial charge in [0.15, 0.2) is 10.9 Å². The number of carbonyl (C=O) groups excluding carboxylic acids is 1. The Morgan fingerprint density at radius 3 is 3.00 bits per heavy atom. The minimum absolute atomic E-state index is 0.0421. The van der Waals surface area contributed by atoms with Crippen molar-refractivity contribution in [1.29, 1.82) is 0 Å². The predicted molar refractivity (Wildman–Crippen MR) is 66.8 cm³/mol. The molecule has 94 valence electrons. The van der Waals surface area contributed by atoms with E-state index < -0.39 is 17.7 Å². The second-order valence-electron chi connectivity index (χ2n) is 3.38. The molecule has 0 bridgehead atoms. The maximum atomic E-state index is 13.4. The zero-order chi connectivity index (χ0) is 13.1. The summed E-state index contributed by atoms with van der Waals surface area (Å²) < 4.78 is 26.7. The number of benzene rings is 1. The lowest BCUT2D eigenvalue weighted by Crippen LogP contribution is -2.28. The number of anilines is 1. The molecule has 18 heavy (non-hydrogen) atoms. The second-order valence-corrected chi connectivity index (χ2v) is 4.41. The number of amides is 2. The van der Waals surface area contributed by atoms with E-state index in [-0.39, 0.29) is 10.6 Å². The third-order valence-corrected chi connectivity index (χ3v) is 2.96. The molecule has 0 fully saturated rings. The van der Waals surface area contributed by atoms with Crippen LogP contribution in [0.15, 0.2) is 24.8 Å². The van der Waals surface area contributed by atoms with E-state index in [1.165, 1.54) is 12.1 Å². The summed E-state index contributed by atoms with van der Waals surface area (Å²) in [5.41, 5.74) is 0.0421. The Labute approximate surface area is 105 Å². The van der Waals surface area contributed by atoms with E-state index in [0.717, 1.165) is 17.4 Å².